The molecule has 1 fully saturated rings. The van der Waals surface area contributed by atoms with Gasteiger partial charge >= 0.3 is 0 Å². The molecule has 0 radical (unpaired) electrons. The van der Waals surface area contributed by atoms with Crippen molar-refractivity contribution in [3.8, 4) is 11.6 Å². The SMILES string of the molecule is CCNC(=NCc1ccc(Oc2ccc(F)cc2)nc1)NC1CCS(=O)(=O)C1.I. The lowest BCUT2D eigenvalue weighted by molar-refractivity contribution is 0.461. The average Bonchev–Trinajstić information content (AvgIpc) is 3.01. The Bertz CT molecular complexity index is 921. The summed E-state index contributed by atoms with van der Waals surface area (Å²) in [5.41, 5.74) is 0.878. The van der Waals surface area contributed by atoms with Crippen molar-refractivity contribution in [2.75, 3.05) is 18.1 Å². The van der Waals surface area contributed by atoms with Crippen LogP contribution in [0.25, 0.3) is 0 Å². The van der Waals surface area contributed by atoms with Gasteiger partial charge in [0.25, 0.3) is 0 Å². The molecule has 1 saturated heterocycles. The Morgan fingerprint density at radius 2 is 2.03 bits per heavy atom. The molecule has 1 aromatic carbocycles. The third-order valence-electron chi connectivity index (χ3n) is 4.17. The fourth-order valence-electron chi connectivity index (χ4n) is 2.78. The van der Waals surface area contributed by atoms with Crippen LogP contribution in [0.5, 0.6) is 11.6 Å². The third-order valence-corrected chi connectivity index (χ3v) is 5.94. The number of hydrogen-bond acceptors (Lipinski definition) is 5. The highest BCUT2D eigenvalue weighted by atomic mass is 127. The van der Waals surface area contributed by atoms with Crippen LogP contribution in [0.4, 0.5) is 4.39 Å². The molecule has 158 valence electrons. The molecule has 10 heteroatoms. The van der Waals surface area contributed by atoms with E-state index in [1.165, 1.54) is 24.3 Å². The summed E-state index contributed by atoms with van der Waals surface area (Å²) in [5, 5.41) is 6.30. The second kappa shape index (κ2) is 10.7. The topological polar surface area (TPSA) is 92.7 Å². The Morgan fingerprint density at radius 3 is 2.62 bits per heavy atom. The minimum absolute atomic E-state index is 0. The van der Waals surface area contributed by atoms with Crippen molar-refractivity contribution in [2.45, 2.75) is 25.9 Å². The lowest BCUT2D eigenvalue weighted by Gasteiger charge is -2.15. The van der Waals surface area contributed by atoms with E-state index < -0.39 is 9.84 Å². The summed E-state index contributed by atoms with van der Waals surface area (Å²) in [6, 6.07) is 9.16. The normalized spacial score (nSPS) is 18.0. The van der Waals surface area contributed by atoms with Gasteiger partial charge in [-0.2, -0.15) is 0 Å². The van der Waals surface area contributed by atoms with E-state index in [4.69, 9.17) is 4.74 Å². The number of halogens is 2. The fourth-order valence-corrected chi connectivity index (χ4v) is 4.45. The Balaban J connectivity index is 0.00000300. The van der Waals surface area contributed by atoms with Gasteiger partial charge in [-0.3, -0.25) is 0 Å². The molecule has 1 atom stereocenters. The van der Waals surface area contributed by atoms with Crippen molar-refractivity contribution in [1.82, 2.24) is 15.6 Å². The van der Waals surface area contributed by atoms with Gasteiger partial charge in [0.1, 0.15) is 11.6 Å². The van der Waals surface area contributed by atoms with Crippen LogP contribution in [-0.2, 0) is 16.4 Å². The van der Waals surface area contributed by atoms with Crippen molar-refractivity contribution in [3.63, 3.8) is 0 Å². The van der Waals surface area contributed by atoms with E-state index in [2.05, 4.69) is 20.6 Å². The van der Waals surface area contributed by atoms with Crippen molar-refractivity contribution in [3.05, 3.63) is 54.0 Å². The van der Waals surface area contributed by atoms with Crippen molar-refractivity contribution in [1.29, 1.82) is 0 Å². The minimum atomic E-state index is -2.95. The van der Waals surface area contributed by atoms with Gasteiger partial charge in [0, 0.05) is 24.8 Å². The molecule has 2 N–H and O–H groups in total. The number of aliphatic imine (C=N–C) groups is 1. The maximum atomic E-state index is 12.9. The lowest BCUT2D eigenvalue weighted by atomic mass is 10.2. The summed E-state index contributed by atoms with van der Waals surface area (Å²) < 4.78 is 41.7. The molecule has 29 heavy (non-hydrogen) atoms. The summed E-state index contributed by atoms with van der Waals surface area (Å²) >= 11 is 0. The quantitative estimate of drug-likeness (QED) is 0.337. The zero-order chi connectivity index (χ0) is 20.0. The van der Waals surface area contributed by atoms with Gasteiger partial charge in [-0.25, -0.2) is 22.8 Å². The first kappa shape index (κ1) is 23.3. The smallest absolute Gasteiger partial charge is 0.219 e. The first-order chi connectivity index (χ1) is 13.4. The number of pyridine rings is 1. The predicted octanol–water partition coefficient (Wildman–Crippen LogP) is 2.87. The lowest BCUT2D eigenvalue weighted by Crippen LogP contribution is -2.44. The Morgan fingerprint density at radius 1 is 1.28 bits per heavy atom. The predicted molar refractivity (Wildman–Crippen MR) is 121 cm³/mol. The van der Waals surface area contributed by atoms with Gasteiger partial charge in [0.05, 0.1) is 18.1 Å². The molecule has 3 rings (SSSR count). The minimum Gasteiger partial charge on any atom is -0.439 e. The second-order valence-electron chi connectivity index (χ2n) is 6.50. The number of ether oxygens (including phenoxy) is 1. The average molecular weight is 534 g/mol. The first-order valence-electron chi connectivity index (χ1n) is 9.07. The van der Waals surface area contributed by atoms with Gasteiger partial charge < -0.3 is 15.4 Å². The second-order valence-corrected chi connectivity index (χ2v) is 8.73. The number of sulfone groups is 1. The van der Waals surface area contributed by atoms with Gasteiger partial charge in [-0.15, -0.1) is 24.0 Å². The molecule has 1 unspecified atom stereocenters. The maximum Gasteiger partial charge on any atom is 0.219 e. The van der Waals surface area contributed by atoms with Crippen molar-refractivity contribution in [2.24, 2.45) is 4.99 Å². The van der Waals surface area contributed by atoms with Crippen molar-refractivity contribution < 1.29 is 17.5 Å². The Kier molecular flexibility index (Phi) is 8.62. The molecule has 7 nitrogen and oxygen atoms in total. The number of aromatic nitrogens is 1. The molecule has 0 amide bonds. The van der Waals surface area contributed by atoms with Crippen LogP contribution in [0.15, 0.2) is 47.6 Å². The van der Waals surface area contributed by atoms with Gasteiger partial charge in [0.2, 0.25) is 5.88 Å². The summed E-state index contributed by atoms with van der Waals surface area (Å²) in [6.45, 7) is 3.01. The molecule has 0 saturated carbocycles. The molecule has 2 aromatic rings. The number of hydrogen-bond donors (Lipinski definition) is 2. The van der Waals surface area contributed by atoms with Gasteiger partial charge in [-0.1, -0.05) is 6.07 Å². The van der Waals surface area contributed by atoms with Crippen LogP contribution < -0.4 is 15.4 Å². The van der Waals surface area contributed by atoms with E-state index in [0.717, 1.165) is 5.56 Å². The highest BCUT2D eigenvalue weighted by molar-refractivity contribution is 14.0. The highest BCUT2D eigenvalue weighted by Gasteiger charge is 2.28. The third kappa shape index (κ3) is 7.42. The maximum absolute atomic E-state index is 12.9. The number of nitrogens with one attached hydrogen (secondary N) is 2. The van der Waals surface area contributed by atoms with E-state index >= 15 is 0 Å². The molecule has 0 aliphatic carbocycles. The van der Waals surface area contributed by atoms with Crippen molar-refractivity contribution >= 4 is 39.8 Å². The molecule has 2 heterocycles. The molecule has 0 bridgehead atoms. The van der Waals surface area contributed by atoms with E-state index in [1.54, 1.807) is 12.3 Å². The van der Waals surface area contributed by atoms with Crippen LogP contribution in [0.1, 0.15) is 18.9 Å². The molecular formula is C19H24FIN4O3S. The Hall–Kier alpha value is -1.95. The first-order valence-corrected chi connectivity index (χ1v) is 10.9. The summed E-state index contributed by atoms with van der Waals surface area (Å²) in [4.78, 5) is 8.73. The number of benzene rings is 1. The fraction of sp³-hybridized carbons (Fsp3) is 0.368. The molecule has 1 aromatic heterocycles. The van der Waals surface area contributed by atoms with E-state index in [9.17, 15) is 12.8 Å². The molecular weight excluding hydrogens is 510 g/mol. The zero-order valence-electron chi connectivity index (χ0n) is 16.0. The van der Waals surface area contributed by atoms with Gasteiger partial charge in [-0.05, 0) is 43.2 Å². The number of nitrogens with zero attached hydrogens (tertiary/aromatic N) is 2. The standard InChI is InChI=1S/C19H23FN4O3S.HI/c1-2-21-19(24-16-9-10-28(25,26)13-16)23-12-14-3-8-18(22-11-14)27-17-6-4-15(20)5-7-17;/h3-8,11,16H,2,9-10,12-13H2,1H3,(H2,21,23,24);1H. The number of rotatable bonds is 6. The number of guanidine groups is 1. The summed E-state index contributed by atoms with van der Waals surface area (Å²) in [5.74, 6) is 1.51. The monoisotopic (exact) mass is 534 g/mol. The van der Waals surface area contributed by atoms with Crippen LogP contribution >= 0.6 is 24.0 Å². The van der Waals surface area contributed by atoms with E-state index in [1.807, 2.05) is 13.0 Å². The van der Waals surface area contributed by atoms with E-state index in [-0.39, 0.29) is 47.3 Å². The van der Waals surface area contributed by atoms with Crippen LogP contribution in [0.3, 0.4) is 0 Å². The van der Waals surface area contributed by atoms with Crippen LogP contribution in [-0.4, -0.2) is 43.5 Å². The van der Waals surface area contributed by atoms with E-state index in [0.29, 0.717) is 37.1 Å². The molecule has 0 spiro atoms. The largest absolute Gasteiger partial charge is 0.439 e. The zero-order valence-corrected chi connectivity index (χ0v) is 19.1. The summed E-state index contributed by atoms with van der Waals surface area (Å²) in [6.07, 6.45) is 2.25. The summed E-state index contributed by atoms with van der Waals surface area (Å²) in [7, 11) is -2.95. The van der Waals surface area contributed by atoms with Crippen LogP contribution in [0, 0.1) is 5.82 Å². The Labute approximate surface area is 187 Å². The molecule has 1 aliphatic rings. The van der Waals surface area contributed by atoms with Gasteiger partial charge in [0.15, 0.2) is 15.8 Å². The van der Waals surface area contributed by atoms with Crippen LogP contribution in [0.2, 0.25) is 0 Å². The molecule has 1 aliphatic heterocycles. The highest BCUT2D eigenvalue weighted by Crippen LogP contribution is 2.19.